The molecule has 0 aromatic rings. The van der Waals surface area contributed by atoms with Crippen LogP contribution in [-0.2, 0) is 0 Å². The molecular formula is C15H30N2S. The van der Waals surface area contributed by atoms with Gasteiger partial charge in [0.2, 0.25) is 0 Å². The monoisotopic (exact) mass is 270 g/mol. The highest BCUT2D eigenvalue weighted by Crippen LogP contribution is 2.17. The Morgan fingerprint density at radius 1 is 1.17 bits per heavy atom. The predicted octanol–water partition coefficient (Wildman–Crippen LogP) is 4.14. The molecule has 1 aliphatic carbocycles. The zero-order valence-corrected chi connectivity index (χ0v) is 13.0. The Bertz CT molecular complexity index is 225. The van der Waals surface area contributed by atoms with Crippen LogP contribution in [0.3, 0.4) is 0 Å². The van der Waals surface area contributed by atoms with Crippen molar-refractivity contribution in [2.45, 2.75) is 90.1 Å². The molecule has 106 valence electrons. The first-order valence-corrected chi connectivity index (χ1v) is 8.20. The van der Waals surface area contributed by atoms with E-state index < -0.39 is 0 Å². The van der Waals surface area contributed by atoms with Crippen molar-refractivity contribution >= 4 is 17.3 Å². The van der Waals surface area contributed by atoms with Gasteiger partial charge in [-0.25, -0.2) is 0 Å². The number of unbranched alkanes of at least 4 members (excludes halogenated alkanes) is 3. The highest BCUT2D eigenvalue weighted by molar-refractivity contribution is 7.80. The molecular weight excluding hydrogens is 240 g/mol. The van der Waals surface area contributed by atoms with Gasteiger partial charge in [-0.1, -0.05) is 51.9 Å². The summed E-state index contributed by atoms with van der Waals surface area (Å²) in [5.41, 5.74) is 0. The van der Waals surface area contributed by atoms with Crippen molar-refractivity contribution in [1.82, 2.24) is 10.6 Å². The second-order valence-corrected chi connectivity index (χ2v) is 6.11. The summed E-state index contributed by atoms with van der Waals surface area (Å²) >= 11 is 5.39. The summed E-state index contributed by atoms with van der Waals surface area (Å²) in [6, 6.07) is 1.12. The van der Waals surface area contributed by atoms with Gasteiger partial charge in [0.15, 0.2) is 5.11 Å². The van der Waals surface area contributed by atoms with E-state index in [9.17, 15) is 0 Å². The molecule has 0 bridgehead atoms. The van der Waals surface area contributed by atoms with Crippen molar-refractivity contribution in [3.05, 3.63) is 0 Å². The van der Waals surface area contributed by atoms with Gasteiger partial charge in [0.1, 0.15) is 0 Å². The van der Waals surface area contributed by atoms with Crippen LogP contribution in [0.5, 0.6) is 0 Å². The van der Waals surface area contributed by atoms with Gasteiger partial charge in [-0.15, -0.1) is 0 Å². The molecule has 18 heavy (non-hydrogen) atoms. The molecule has 0 spiro atoms. The van der Waals surface area contributed by atoms with E-state index in [0.717, 1.165) is 5.11 Å². The number of rotatable bonds is 7. The molecule has 3 heteroatoms. The molecule has 1 saturated carbocycles. The quantitative estimate of drug-likeness (QED) is 0.537. The molecule has 0 radical (unpaired) electrons. The Labute approximate surface area is 118 Å². The molecule has 2 nitrogen and oxygen atoms in total. The van der Waals surface area contributed by atoms with Crippen molar-refractivity contribution in [2.24, 2.45) is 0 Å². The summed E-state index contributed by atoms with van der Waals surface area (Å²) in [7, 11) is 0. The first-order chi connectivity index (χ1) is 8.72. The van der Waals surface area contributed by atoms with E-state index in [4.69, 9.17) is 12.2 Å². The van der Waals surface area contributed by atoms with Crippen LogP contribution in [0.1, 0.15) is 78.1 Å². The smallest absolute Gasteiger partial charge is 0.166 e. The zero-order valence-electron chi connectivity index (χ0n) is 12.1. The van der Waals surface area contributed by atoms with Gasteiger partial charge in [0.05, 0.1) is 0 Å². The third kappa shape index (κ3) is 7.20. The Morgan fingerprint density at radius 3 is 2.56 bits per heavy atom. The fourth-order valence-electron chi connectivity index (χ4n) is 2.65. The van der Waals surface area contributed by atoms with Crippen LogP contribution >= 0.6 is 12.2 Å². The Kier molecular flexibility index (Phi) is 8.40. The second kappa shape index (κ2) is 9.60. The molecule has 0 amide bonds. The van der Waals surface area contributed by atoms with Crippen LogP contribution < -0.4 is 10.6 Å². The van der Waals surface area contributed by atoms with Gasteiger partial charge in [0, 0.05) is 12.1 Å². The molecule has 1 atom stereocenters. The molecule has 0 aromatic carbocycles. The highest BCUT2D eigenvalue weighted by atomic mass is 32.1. The normalized spacial score (nSPS) is 18.3. The Morgan fingerprint density at radius 2 is 1.89 bits per heavy atom. The van der Waals surface area contributed by atoms with Crippen molar-refractivity contribution in [3.8, 4) is 0 Å². The molecule has 1 rings (SSSR count). The van der Waals surface area contributed by atoms with Gasteiger partial charge in [0.25, 0.3) is 0 Å². The summed E-state index contributed by atoms with van der Waals surface area (Å²) in [5.74, 6) is 0. The molecule has 0 aromatic heterocycles. The fourth-order valence-corrected chi connectivity index (χ4v) is 3.02. The molecule has 0 saturated heterocycles. The lowest BCUT2D eigenvalue weighted by atomic mass is 9.96. The van der Waals surface area contributed by atoms with Crippen LogP contribution in [0.4, 0.5) is 0 Å². The first kappa shape index (κ1) is 15.7. The Balaban J connectivity index is 2.06. The van der Waals surface area contributed by atoms with E-state index in [1.807, 2.05) is 0 Å². The van der Waals surface area contributed by atoms with Crippen molar-refractivity contribution < 1.29 is 0 Å². The standard InChI is InChI=1S/C15H30N2S/c1-3-4-5-7-10-13(2)16-15(18)17-14-11-8-6-9-12-14/h13-14H,3-12H2,1-2H3,(H2,16,17,18). The van der Waals surface area contributed by atoms with Crippen molar-refractivity contribution in [1.29, 1.82) is 0 Å². The van der Waals surface area contributed by atoms with Gasteiger partial charge in [-0.05, 0) is 38.4 Å². The average Bonchev–Trinajstić information content (AvgIpc) is 2.35. The minimum absolute atomic E-state index is 0.505. The van der Waals surface area contributed by atoms with E-state index in [1.165, 1.54) is 64.2 Å². The third-order valence-corrected chi connectivity index (χ3v) is 4.04. The summed E-state index contributed by atoms with van der Waals surface area (Å²) in [6.45, 7) is 4.49. The van der Waals surface area contributed by atoms with Gasteiger partial charge in [-0.3, -0.25) is 0 Å². The summed E-state index contributed by atoms with van der Waals surface area (Å²) in [6.07, 6.45) is 13.2. The van der Waals surface area contributed by atoms with E-state index in [0.29, 0.717) is 12.1 Å². The molecule has 1 aliphatic rings. The van der Waals surface area contributed by atoms with E-state index in [-0.39, 0.29) is 0 Å². The lowest BCUT2D eigenvalue weighted by Gasteiger charge is -2.26. The minimum Gasteiger partial charge on any atom is -0.360 e. The van der Waals surface area contributed by atoms with Crippen LogP contribution in [0.2, 0.25) is 0 Å². The zero-order chi connectivity index (χ0) is 13.2. The molecule has 0 heterocycles. The summed E-state index contributed by atoms with van der Waals surface area (Å²) < 4.78 is 0. The van der Waals surface area contributed by atoms with Crippen LogP contribution in [0.25, 0.3) is 0 Å². The van der Waals surface area contributed by atoms with Crippen LogP contribution in [-0.4, -0.2) is 17.2 Å². The number of nitrogens with one attached hydrogen (secondary N) is 2. The third-order valence-electron chi connectivity index (χ3n) is 3.81. The van der Waals surface area contributed by atoms with E-state index in [2.05, 4.69) is 24.5 Å². The van der Waals surface area contributed by atoms with Crippen molar-refractivity contribution in [2.75, 3.05) is 0 Å². The van der Waals surface area contributed by atoms with Crippen molar-refractivity contribution in [3.63, 3.8) is 0 Å². The Hall–Kier alpha value is -0.310. The number of thiocarbonyl (C=S) groups is 1. The summed E-state index contributed by atoms with van der Waals surface area (Å²) in [5, 5.41) is 7.76. The maximum atomic E-state index is 5.39. The average molecular weight is 270 g/mol. The van der Waals surface area contributed by atoms with E-state index in [1.54, 1.807) is 0 Å². The van der Waals surface area contributed by atoms with Gasteiger partial charge >= 0.3 is 0 Å². The van der Waals surface area contributed by atoms with Gasteiger partial charge < -0.3 is 10.6 Å². The topological polar surface area (TPSA) is 24.1 Å². The van der Waals surface area contributed by atoms with Crippen LogP contribution in [0, 0.1) is 0 Å². The largest absolute Gasteiger partial charge is 0.360 e. The molecule has 1 fully saturated rings. The van der Waals surface area contributed by atoms with Crippen LogP contribution in [0.15, 0.2) is 0 Å². The molecule has 0 aliphatic heterocycles. The number of hydrogen-bond acceptors (Lipinski definition) is 1. The minimum atomic E-state index is 0.505. The molecule has 1 unspecified atom stereocenters. The number of hydrogen-bond donors (Lipinski definition) is 2. The first-order valence-electron chi connectivity index (χ1n) is 7.79. The predicted molar refractivity (Wildman–Crippen MR) is 84.0 cm³/mol. The molecule has 2 N–H and O–H groups in total. The lowest BCUT2D eigenvalue weighted by Crippen LogP contribution is -2.45. The lowest BCUT2D eigenvalue weighted by molar-refractivity contribution is 0.409. The van der Waals surface area contributed by atoms with E-state index >= 15 is 0 Å². The maximum Gasteiger partial charge on any atom is 0.166 e. The fraction of sp³-hybridized carbons (Fsp3) is 0.933. The highest BCUT2D eigenvalue weighted by Gasteiger charge is 2.14. The second-order valence-electron chi connectivity index (χ2n) is 5.70. The van der Waals surface area contributed by atoms with Gasteiger partial charge in [-0.2, -0.15) is 0 Å². The summed E-state index contributed by atoms with van der Waals surface area (Å²) in [4.78, 5) is 0. The SMILES string of the molecule is CCCCCCC(C)NC(=S)NC1CCCCC1. The maximum absolute atomic E-state index is 5.39.